The minimum Gasteiger partial charge on any atom is -0.380 e. The van der Waals surface area contributed by atoms with Crippen molar-refractivity contribution in [1.82, 2.24) is 15.4 Å². The van der Waals surface area contributed by atoms with Crippen molar-refractivity contribution >= 4 is 22.7 Å². The van der Waals surface area contributed by atoms with Crippen molar-refractivity contribution in [1.29, 1.82) is 0 Å². The summed E-state index contributed by atoms with van der Waals surface area (Å²) in [6.07, 6.45) is 1.30. The van der Waals surface area contributed by atoms with Crippen LogP contribution in [0.5, 0.6) is 0 Å². The third-order valence-electron chi connectivity index (χ3n) is 6.25. The van der Waals surface area contributed by atoms with Gasteiger partial charge in [-0.25, -0.2) is 5.48 Å². The standard InChI is InChI=1S/C24H27N3O4/c1-15-19(18-5-3-4-6-22(18)27(15)2)13-16-7-9-17(10-8-16)23(28)25-21-11-12-31-14-20(21)24(29)26-30/h3-10,20-21,30H,11-14H2,1-2H3,(H,25,28)(H,26,29)/t20-,21+/m0/s1. The van der Waals surface area contributed by atoms with Crippen LogP contribution >= 0.6 is 0 Å². The number of aryl methyl sites for hydroxylation is 1. The quantitative estimate of drug-likeness (QED) is 0.436. The van der Waals surface area contributed by atoms with E-state index in [-0.39, 0.29) is 18.6 Å². The van der Waals surface area contributed by atoms with Crippen molar-refractivity contribution in [3.8, 4) is 0 Å². The Morgan fingerprint density at radius 3 is 2.65 bits per heavy atom. The number of hydroxylamine groups is 1. The van der Waals surface area contributed by atoms with Crippen molar-refractivity contribution in [2.24, 2.45) is 13.0 Å². The normalized spacial score (nSPS) is 18.7. The van der Waals surface area contributed by atoms with Gasteiger partial charge < -0.3 is 14.6 Å². The van der Waals surface area contributed by atoms with Gasteiger partial charge in [-0.1, -0.05) is 30.3 Å². The van der Waals surface area contributed by atoms with E-state index in [2.05, 4.69) is 42.1 Å². The van der Waals surface area contributed by atoms with Gasteiger partial charge in [-0.3, -0.25) is 14.8 Å². The molecular formula is C24H27N3O4. The number of nitrogens with one attached hydrogen (secondary N) is 2. The second-order valence-corrected chi connectivity index (χ2v) is 8.04. The van der Waals surface area contributed by atoms with Crippen molar-refractivity contribution in [2.45, 2.75) is 25.8 Å². The highest BCUT2D eigenvalue weighted by atomic mass is 16.5. The van der Waals surface area contributed by atoms with Gasteiger partial charge >= 0.3 is 0 Å². The zero-order chi connectivity index (χ0) is 22.0. The molecule has 3 N–H and O–H groups in total. The van der Waals surface area contributed by atoms with E-state index in [0.717, 1.165) is 12.0 Å². The number of rotatable bonds is 5. The smallest absolute Gasteiger partial charge is 0.251 e. The molecule has 2 amide bonds. The first-order chi connectivity index (χ1) is 15.0. The van der Waals surface area contributed by atoms with Crippen molar-refractivity contribution < 1.29 is 19.5 Å². The molecule has 1 aliphatic heterocycles. The summed E-state index contributed by atoms with van der Waals surface area (Å²) in [5.74, 6) is -1.40. The molecule has 2 atom stereocenters. The minimum atomic E-state index is -0.615. The summed E-state index contributed by atoms with van der Waals surface area (Å²) in [5.41, 5.74) is 7.05. The molecule has 7 heteroatoms. The molecular weight excluding hydrogens is 394 g/mol. The lowest BCUT2D eigenvalue weighted by Gasteiger charge is -2.30. The molecule has 7 nitrogen and oxygen atoms in total. The summed E-state index contributed by atoms with van der Waals surface area (Å²) in [6, 6.07) is 15.6. The van der Waals surface area contributed by atoms with E-state index in [0.29, 0.717) is 18.6 Å². The van der Waals surface area contributed by atoms with Gasteiger partial charge in [0.1, 0.15) is 0 Å². The summed E-state index contributed by atoms with van der Waals surface area (Å²) in [7, 11) is 2.08. The van der Waals surface area contributed by atoms with Crippen molar-refractivity contribution in [2.75, 3.05) is 13.2 Å². The number of hydrogen-bond donors (Lipinski definition) is 3. The molecule has 2 aromatic carbocycles. The number of aromatic nitrogens is 1. The fourth-order valence-electron chi connectivity index (χ4n) is 4.30. The summed E-state index contributed by atoms with van der Waals surface area (Å²) in [5, 5.41) is 13.1. The Morgan fingerprint density at radius 1 is 1.16 bits per heavy atom. The van der Waals surface area contributed by atoms with Crippen LogP contribution in [0.3, 0.4) is 0 Å². The molecule has 1 saturated heterocycles. The fourth-order valence-corrected chi connectivity index (χ4v) is 4.30. The molecule has 0 aliphatic carbocycles. The lowest BCUT2D eigenvalue weighted by Crippen LogP contribution is -2.51. The molecule has 162 valence electrons. The number of amides is 2. The van der Waals surface area contributed by atoms with Gasteiger partial charge in [0.05, 0.1) is 12.5 Å². The average Bonchev–Trinajstić information content (AvgIpc) is 3.04. The van der Waals surface area contributed by atoms with Crippen LogP contribution in [0.4, 0.5) is 0 Å². The Morgan fingerprint density at radius 2 is 1.90 bits per heavy atom. The Hall–Kier alpha value is -3.16. The minimum absolute atomic E-state index is 0.167. The van der Waals surface area contributed by atoms with E-state index in [4.69, 9.17) is 9.94 Å². The van der Waals surface area contributed by atoms with E-state index in [1.165, 1.54) is 22.2 Å². The number of para-hydroxylation sites is 1. The van der Waals surface area contributed by atoms with E-state index in [9.17, 15) is 9.59 Å². The van der Waals surface area contributed by atoms with Crippen molar-refractivity contribution in [3.63, 3.8) is 0 Å². The number of fused-ring (bicyclic) bond motifs is 1. The van der Waals surface area contributed by atoms with Crippen LogP contribution in [0.25, 0.3) is 10.9 Å². The number of ether oxygens (including phenoxy) is 1. The molecule has 0 radical (unpaired) electrons. The second-order valence-electron chi connectivity index (χ2n) is 8.04. The summed E-state index contributed by atoms with van der Waals surface area (Å²) >= 11 is 0. The van der Waals surface area contributed by atoms with Gasteiger partial charge in [-0.05, 0) is 49.1 Å². The third kappa shape index (κ3) is 4.19. The molecule has 3 aromatic rings. The van der Waals surface area contributed by atoms with Gasteiger partial charge in [0.15, 0.2) is 0 Å². The van der Waals surface area contributed by atoms with Gasteiger partial charge in [-0.2, -0.15) is 0 Å². The number of carbonyl (C=O) groups is 2. The topological polar surface area (TPSA) is 92.6 Å². The molecule has 1 aliphatic rings. The number of hydrogen-bond acceptors (Lipinski definition) is 4. The highest BCUT2D eigenvalue weighted by molar-refractivity contribution is 5.95. The van der Waals surface area contributed by atoms with Crippen LogP contribution in [-0.2, 0) is 23.0 Å². The first kappa shape index (κ1) is 21.1. The van der Waals surface area contributed by atoms with Crippen LogP contribution in [-0.4, -0.2) is 40.8 Å². The highest BCUT2D eigenvalue weighted by Crippen LogP contribution is 2.27. The van der Waals surface area contributed by atoms with E-state index < -0.39 is 11.8 Å². The largest absolute Gasteiger partial charge is 0.380 e. The molecule has 0 spiro atoms. The molecule has 2 heterocycles. The van der Waals surface area contributed by atoms with Gasteiger partial charge in [0.2, 0.25) is 0 Å². The maximum Gasteiger partial charge on any atom is 0.251 e. The zero-order valence-corrected chi connectivity index (χ0v) is 17.7. The van der Waals surface area contributed by atoms with Crippen LogP contribution < -0.4 is 10.8 Å². The zero-order valence-electron chi connectivity index (χ0n) is 17.7. The van der Waals surface area contributed by atoms with Crippen LogP contribution in [0.2, 0.25) is 0 Å². The second kappa shape index (κ2) is 8.91. The Balaban J connectivity index is 1.48. The van der Waals surface area contributed by atoms with Gasteiger partial charge in [0.25, 0.3) is 11.8 Å². The summed E-state index contributed by atoms with van der Waals surface area (Å²) in [4.78, 5) is 24.6. The molecule has 1 fully saturated rings. The van der Waals surface area contributed by atoms with E-state index in [1.807, 2.05) is 30.3 Å². The third-order valence-corrected chi connectivity index (χ3v) is 6.25. The van der Waals surface area contributed by atoms with Crippen LogP contribution in [0.1, 0.15) is 33.6 Å². The Kier molecular flexibility index (Phi) is 6.06. The lowest BCUT2D eigenvalue weighted by atomic mass is 9.94. The molecule has 31 heavy (non-hydrogen) atoms. The number of nitrogens with zero attached hydrogens (tertiary/aromatic N) is 1. The van der Waals surface area contributed by atoms with Crippen LogP contribution in [0, 0.1) is 12.8 Å². The molecule has 0 bridgehead atoms. The highest BCUT2D eigenvalue weighted by Gasteiger charge is 2.32. The van der Waals surface area contributed by atoms with Gasteiger partial charge in [0, 0.05) is 41.9 Å². The molecule has 0 saturated carbocycles. The lowest BCUT2D eigenvalue weighted by molar-refractivity contribution is -0.138. The monoisotopic (exact) mass is 421 g/mol. The Labute approximate surface area is 181 Å². The SMILES string of the molecule is Cc1c(Cc2ccc(C(=O)N[C@@H]3CCOC[C@@H]3C(=O)NO)cc2)c2ccccc2n1C. The summed E-state index contributed by atoms with van der Waals surface area (Å²) < 4.78 is 7.52. The number of carbonyl (C=O) groups excluding carboxylic acids is 2. The molecule has 4 rings (SSSR count). The Bertz CT molecular complexity index is 1100. The van der Waals surface area contributed by atoms with Crippen LogP contribution in [0.15, 0.2) is 48.5 Å². The number of benzene rings is 2. The predicted octanol–water partition coefficient (Wildman–Crippen LogP) is 2.72. The molecule has 0 unspecified atom stereocenters. The molecule has 1 aromatic heterocycles. The summed E-state index contributed by atoms with van der Waals surface area (Å²) in [6.45, 7) is 2.76. The first-order valence-corrected chi connectivity index (χ1v) is 10.4. The predicted molar refractivity (Wildman–Crippen MR) is 117 cm³/mol. The first-order valence-electron chi connectivity index (χ1n) is 10.4. The maximum atomic E-state index is 12.7. The average molecular weight is 421 g/mol. The van der Waals surface area contributed by atoms with E-state index in [1.54, 1.807) is 5.48 Å². The van der Waals surface area contributed by atoms with Gasteiger partial charge in [-0.15, -0.1) is 0 Å². The maximum absolute atomic E-state index is 12.7. The fraction of sp³-hybridized carbons (Fsp3) is 0.333. The van der Waals surface area contributed by atoms with E-state index >= 15 is 0 Å². The van der Waals surface area contributed by atoms with Crippen molar-refractivity contribution in [3.05, 3.63) is 70.9 Å².